The molecular formula is C18H24ClN3O4. The zero-order valence-corrected chi connectivity index (χ0v) is 15.6. The molecule has 2 N–H and O–H groups in total. The van der Waals surface area contributed by atoms with Crippen LogP contribution in [0.4, 0.5) is 0 Å². The van der Waals surface area contributed by atoms with E-state index in [4.69, 9.17) is 16.3 Å². The normalized spacial score (nSPS) is 16.8. The van der Waals surface area contributed by atoms with E-state index in [0.717, 1.165) is 12.8 Å². The van der Waals surface area contributed by atoms with Gasteiger partial charge in [-0.05, 0) is 25.0 Å². The van der Waals surface area contributed by atoms with E-state index >= 15 is 0 Å². The molecule has 1 aliphatic rings. The van der Waals surface area contributed by atoms with Crippen LogP contribution in [0.5, 0.6) is 0 Å². The van der Waals surface area contributed by atoms with Crippen molar-refractivity contribution < 1.29 is 19.1 Å². The topological polar surface area (TPSA) is 87.7 Å². The maximum atomic E-state index is 12.3. The predicted molar refractivity (Wildman–Crippen MR) is 98.0 cm³/mol. The molecule has 8 heteroatoms. The van der Waals surface area contributed by atoms with E-state index in [0.29, 0.717) is 36.8 Å². The Morgan fingerprint density at radius 3 is 2.69 bits per heavy atom. The van der Waals surface area contributed by atoms with Gasteiger partial charge in [-0.2, -0.15) is 0 Å². The number of likely N-dealkylation sites (tertiary alicyclic amines) is 1. The third-order valence-electron chi connectivity index (χ3n) is 4.24. The number of hydrogen-bond donors (Lipinski definition) is 2. The summed E-state index contributed by atoms with van der Waals surface area (Å²) in [5.74, 6) is -0.716. The first-order chi connectivity index (χ1) is 12.5. The van der Waals surface area contributed by atoms with Crippen molar-refractivity contribution in [3.63, 3.8) is 0 Å². The van der Waals surface area contributed by atoms with Crippen LogP contribution >= 0.6 is 11.6 Å². The minimum Gasteiger partial charge on any atom is -0.375 e. The number of rotatable bonds is 7. The van der Waals surface area contributed by atoms with E-state index in [9.17, 15) is 14.4 Å². The molecule has 0 radical (unpaired) electrons. The van der Waals surface area contributed by atoms with Gasteiger partial charge in [-0.15, -0.1) is 0 Å². The molecule has 26 heavy (non-hydrogen) atoms. The fourth-order valence-corrected chi connectivity index (χ4v) is 3.10. The molecule has 1 heterocycles. The third-order valence-corrected chi connectivity index (χ3v) is 4.57. The largest absolute Gasteiger partial charge is 0.375 e. The fraction of sp³-hybridized carbons (Fsp3) is 0.500. The molecule has 0 aliphatic carbocycles. The molecule has 0 aromatic heterocycles. The highest BCUT2D eigenvalue weighted by Crippen LogP contribution is 2.17. The molecule has 1 aromatic carbocycles. The van der Waals surface area contributed by atoms with Crippen molar-refractivity contribution in [2.45, 2.75) is 12.8 Å². The van der Waals surface area contributed by atoms with Crippen LogP contribution in [0.15, 0.2) is 24.3 Å². The maximum Gasteiger partial charge on any atom is 0.252 e. The molecule has 7 nitrogen and oxygen atoms in total. The average molecular weight is 382 g/mol. The first kappa shape index (κ1) is 20.2. The molecule has 1 atom stereocenters. The summed E-state index contributed by atoms with van der Waals surface area (Å²) >= 11 is 5.97. The smallest absolute Gasteiger partial charge is 0.252 e. The summed E-state index contributed by atoms with van der Waals surface area (Å²) in [6.45, 7) is 1.70. The number of hydrogen-bond acceptors (Lipinski definition) is 4. The Hall–Kier alpha value is -2.12. The molecule has 1 aliphatic heterocycles. The van der Waals surface area contributed by atoms with Crippen molar-refractivity contribution in [2.24, 2.45) is 5.92 Å². The molecule has 1 aromatic rings. The summed E-state index contributed by atoms with van der Waals surface area (Å²) < 4.78 is 4.86. The van der Waals surface area contributed by atoms with Crippen LogP contribution in [0, 0.1) is 5.92 Å². The van der Waals surface area contributed by atoms with E-state index in [2.05, 4.69) is 10.6 Å². The summed E-state index contributed by atoms with van der Waals surface area (Å²) in [5.41, 5.74) is 0.403. The molecule has 142 valence electrons. The molecule has 1 saturated heterocycles. The number of carbonyl (C=O) groups is 3. The lowest BCUT2D eigenvalue weighted by molar-refractivity contribution is -0.138. The zero-order chi connectivity index (χ0) is 18.9. The van der Waals surface area contributed by atoms with Gasteiger partial charge in [0, 0.05) is 33.3 Å². The van der Waals surface area contributed by atoms with Crippen LogP contribution in [-0.2, 0) is 14.3 Å². The van der Waals surface area contributed by atoms with Gasteiger partial charge in [0.05, 0.1) is 16.5 Å². The van der Waals surface area contributed by atoms with Gasteiger partial charge < -0.3 is 20.3 Å². The van der Waals surface area contributed by atoms with Crippen molar-refractivity contribution in [1.29, 1.82) is 0 Å². The van der Waals surface area contributed by atoms with Gasteiger partial charge in [0.2, 0.25) is 11.8 Å². The van der Waals surface area contributed by atoms with Crippen molar-refractivity contribution in [3.05, 3.63) is 34.9 Å². The molecule has 0 spiro atoms. The molecule has 0 saturated carbocycles. The minimum atomic E-state index is -0.279. The second-order valence-electron chi connectivity index (χ2n) is 6.14. The third kappa shape index (κ3) is 5.71. The molecule has 2 rings (SSSR count). The van der Waals surface area contributed by atoms with Crippen molar-refractivity contribution in [1.82, 2.24) is 15.5 Å². The monoisotopic (exact) mass is 381 g/mol. The first-order valence-electron chi connectivity index (χ1n) is 8.60. The second-order valence-corrected chi connectivity index (χ2v) is 6.55. The van der Waals surface area contributed by atoms with Crippen molar-refractivity contribution in [2.75, 3.05) is 39.9 Å². The number of piperidine rings is 1. The zero-order valence-electron chi connectivity index (χ0n) is 14.8. The maximum absolute atomic E-state index is 12.3. The lowest BCUT2D eigenvalue weighted by Crippen LogP contribution is -2.47. The summed E-state index contributed by atoms with van der Waals surface area (Å²) in [6, 6.07) is 6.79. The van der Waals surface area contributed by atoms with Gasteiger partial charge in [0.15, 0.2) is 0 Å². The molecular weight excluding hydrogens is 358 g/mol. The summed E-state index contributed by atoms with van der Waals surface area (Å²) in [7, 11) is 1.48. The van der Waals surface area contributed by atoms with Crippen LogP contribution in [0.2, 0.25) is 5.02 Å². The van der Waals surface area contributed by atoms with Gasteiger partial charge >= 0.3 is 0 Å². The van der Waals surface area contributed by atoms with Gasteiger partial charge in [-0.3, -0.25) is 14.4 Å². The highest BCUT2D eigenvalue weighted by atomic mass is 35.5. The number of methoxy groups -OCH3 is 1. The Bertz CT molecular complexity index is 653. The lowest BCUT2D eigenvalue weighted by Gasteiger charge is -2.31. The quantitative estimate of drug-likeness (QED) is 0.691. The van der Waals surface area contributed by atoms with Crippen molar-refractivity contribution in [3.8, 4) is 0 Å². The summed E-state index contributed by atoms with van der Waals surface area (Å²) in [6.07, 6.45) is 1.53. The number of ether oxygens (including phenoxy) is 1. The summed E-state index contributed by atoms with van der Waals surface area (Å²) in [4.78, 5) is 37.8. The number of carbonyl (C=O) groups excluding carboxylic acids is 3. The van der Waals surface area contributed by atoms with Crippen LogP contribution in [0.25, 0.3) is 0 Å². The van der Waals surface area contributed by atoms with Crippen LogP contribution < -0.4 is 10.6 Å². The number of benzene rings is 1. The van der Waals surface area contributed by atoms with E-state index in [1.54, 1.807) is 29.2 Å². The molecule has 0 unspecified atom stereocenters. The number of nitrogens with zero attached hydrogens (tertiary/aromatic N) is 1. The Labute approximate surface area is 158 Å². The fourth-order valence-electron chi connectivity index (χ4n) is 2.88. The van der Waals surface area contributed by atoms with Gasteiger partial charge in [0.1, 0.15) is 6.61 Å². The first-order valence-corrected chi connectivity index (χ1v) is 8.98. The molecule has 3 amide bonds. The number of halogens is 1. The lowest BCUT2D eigenvalue weighted by atomic mass is 9.97. The standard InChI is InChI=1S/C18H24ClN3O4/c1-26-12-16(23)22-10-4-5-13(11-22)17(24)20-8-9-21-18(25)14-6-2-3-7-15(14)19/h2-3,6-7,13H,4-5,8-12H2,1H3,(H,20,24)(H,21,25)/t13-/m0/s1. The van der Waals surface area contributed by atoms with Crippen LogP contribution in [0.1, 0.15) is 23.2 Å². The Morgan fingerprint density at radius 1 is 1.23 bits per heavy atom. The predicted octanol–water partition coefficient (Wildman–Crippen LogP) is 1.07. The Morgan fingerprint density at radius 2 is 1.96 bits per heavy atom. The van der Waals surface area contributed by atoms with Crippen LogP contribution in [-0.4, -0.2) is 62.5 Å². The van der Waals surface area contributed by atoms with Crippen LogP contribution in [0.3, 0.4) is 0 Å². The van der Waals surface area contributed by atoms with E-state index in [1.165, 1.54) is 7.11 Å². The molecule has 0 bridgehead atoms. The Kier molecular flexibility index (Phi) is 7.87. The Balaban J connectivity index is 1.72. The SMILES string of the molecule is COCC(=O)N1CCC[C@H](C(=O)NCCNC(=O)c2ccccc2Cl)C1. The second kappa shape index (κ2) is 10.1. The molecule has 1 fully saturated rings. The van der Waals surface area contributed by atoms with E-state index < -0.39 is 0 Å². The summed E-state index contributed by atoms with van der Waals surface area (Å²) in [5, 5.41) is 5.92. The number of amides is 3. The van der Waals surface area contributed by atoms with E-state index in [1.807, 2.05) is 0 Å². The van der Waals surface area contributed by atoms with Gasteiger partial charge in [0.25, 0.3) is 5.91 Å². The highest BCUT2D eigenvalue weighted by Gasteiger charge is 2.28. The highest BCUT2D eigenvalue weighted by molar-refractivity contribution is 6.33. The van der Waals surface area contributed by atoms with Gasteiger partial charge in [-0.25, -0.2) is 0 Å². The van der Waals surface area contributed by atoms with Gasteiger partial charge in [-0.1, -0.05) is 23.7 Å². The number of nitrogens with one attached hydrogen (secondary N) is 2. The van der Waals surface area contributed by atoms with Crippen molar-refractivity contribution >= 4 is 29.3 Å². The minimum absolute atomic E-state index is 0.0302. The average Bonchev–Trinajstić information content (AvgIpc) is 2.65. The van der Waals surface area contributed by atoms with E-state index in [-0.39, 0.29) is 30.2 Å².